The van der Waals surface area contributed by atoms with E-state index in [9.17, 15) is 29.0 Å². The number of hydrogen-bond donors (Lipinski definition) is 2. The second kappa shape index (κ2) is 7.76. The van der Waals surface area contributed by atoms with Crippen molar-refractivity contribution < 1.29 is 42.9 Å². The lowest BCUT2D eigenvalue weighted by Crippen LogP contribution is -2.55. The molecule has 0 unspecified atom stereocenters. The Hall–Kier alpha value is -1.45. The molecule has 0 saturated carbocycles. The lowest BCUT2D eigenvalue weighted by molar-refractivity contribution is -0.179. The fourth-order valence-electron chi connectivity index (χ4n) is 3.97. The molecule has 2 aliphatic heterocycles. The Labute approximate surface area is 162 Å². The minimum absolute atomic E-state index is 0.0310. The van der Waals surface area contributed by atoms with Crippen LogP contribution in [-0.2, 0) is 23.9 Å². The van der Waals surface area contributed by atoms with E-state index >= 15 is 4.39 Å². The monoisotopic (exact) mass is 406 g/mol. The summed E-state index contributed by atoms with van der Waals surface area (Å²) in [6.07, 6.45) is -9.70. The van der Waals surface area contributed by atoms with E-state index in [2.05, 4.69) is 0 Å². The normalized spacial score (nSPS) is 48.5. The molecule has 9 heteroatoms. The van der Waals surface area contributed by atoms with Crippen LogP contribution in [0.2, 0.25) is 0 Å². The largest absolute Gasteiger partial charge is 0.459 e. The van der Waals surface area contributed by atoms with Gasteiger partial charge in [-0.05, 0) is 39.5 Å². The molecule has 2 saturated heterocycles. The van der Waals surface area contributed by atoms with Gasteiger partial charge in [0.15, 0.2) is 17.9 Å². The Morgan fingerprint density at radius 2 is 1.68 bits per heavy atom. The molecule has 0 aliphatic carbocycles. The molecule has 0 spiro atoms. The van der Waals surface area contributed by atoms with Gasteiger partial charge in [0.2, 0.25) is 11.6 Å². The van der Waals surface area contributed by atoms with E-state index in [1.807, 2.05) is 0 Å². The lowest BCUT2D eigenvalue weighted by Gasteiger charge is -2.33. The van der Waals surface area contributed by atoms with Gasteiger partial charge in [-0.2, -0.15) is 0 Å². The molecule has 2 rings (SSSR count). The van der Waals surface area contributed by atoms with Gasteiger partial charge in [-0.1, -0.05) is 13.8 Å². The van der Waals surface area contributed by atoms with Crippen molar-refractivity contribution in [1.29, 1.82) is 0 Å². The molecule has 7 nitrogen and oxygen atoms in total. The van der Waals surface area contributed by atoms with Crippen LogP contribution in [0.1, 0.15) is 47.5 Å². The van der Waals surface area contributed by atoms with Crippen LogP contribution in [0.4, 0.5) is 8.78 Å². The quantitative estimate of drug-likeness (QED) is 0.627. The van der Waals surface area contributed by atoms with Gasteiger partial charge in [0.25, 0.3) is 0 Å². The number of rotatable bonds is 1. The van der Waals surface area contributed by atoms with Crippen molar-refractivity contribution in [3.63, 3.8) is 0 Å². The molecule has 0 aromatic heterocycles. The zero-order valence-corrected chi connectivity index (χ0v) is 16.6. The first-order valence-corrected chi connectivity index (χ1v) is 9.43. The average Bonchev–Trinajstić information content (AvgIpc) is 2.96. The van der Waals surface area contributed by atoms with E-state index in [1.54, 1.807) is 6.92 Å². The highest BCUT2D eigenvalue weighted by molar-refractivity contribution is 5.94. The van der Waals surface area contributed by atoms with Crippen LogP contribution in [0.15, 0.2) is 0 Å². The number of cyclic esters (lactones) is 1. The Morgan fingerprint density at radius 1 is 1.11 bits per heavy atom. The van der Waals surface area contributed by atoms with Crippen molar-refractivity contribution in [2.45, 2.75) is 89.3 Å². The van der Waals surface area contributed by atoms with Crippen molar-refractivity contribution >= 4 is 17.5 Å². The fraction of sp³-hybridized carbons (Fsp3) is 0.842. The first kappa shape index (κ1) is 22.8. The highest BCUT2D eigenvalue weighted by Crippen LogP contribution is 2.41. The van der Waals surface area contributed by atoms with Gasteiger partial charge >= 0.3 is 5.97 Å². The van der Waals surface area contributed by atoms with E-state index in [1.165, 1.54) is 13.8 Å². The molecule has 0 amide bonds. The predicted molar refractivity (Wildman–Crippen MR) is 92.8 cm³/mol. The number of ketones is 2. The fourth-order valence-corrected chi connectivity index (χ4v) is 3.97. The minimum Gasteiger partial charge on any atom is -0.459 e. The van der Waals surface area contributed by atoms with Gasteiger partial charge in [-0.25, -0.2) is 8.78 Å². The number of aliphatic hydroxyl groups excluding tert-OH is 1. The molecule has 2 N–H and O–H groups in total. The maximum absolute atomic E-state index is 15.0. The lowest BCUT2D eigenvalue weighted by atomic mass is 9.82. The second-order valence-electron chi connectivity index (χ2n) is 8.29. The van der Waals surface area contributed by atoms with Gasteiger partial charge in [0.1, 0.15) is 17.8 Å². The van der Waals surface area contributed by atoms with E-state index in [-0.39, 0.29) is 12.8 Å². The molecule has 160 valence electrons. The first-order valence-electron chi connectivity index (χ1n) is 9.43. The maximum atomic E-state index is 15.0. The number of carbonyl (C=O) groups excluding carboxylic acids is 3. The molecule has 2 bridgehead atoms. The second-order valence-corrected chi connectivity index (χ2v) is 8.29. The standard InChI is InChI=1S/C19H28F2O7/c1-6-10-19(5,26)16(24)12(21)14-8(2)7-18(4,28-14)15(23)11(20)13(22)9(3)17(25)27-10/h8-14,22,26H,6-7H2,1-5H3/t8-,9-,10-,11-,12-,13-,14+,18-,19-/m1/s1. The first-order chi connectivity index (χ1) is 12.8. The number of halogens is 2. The van der Waals surface area contributed by atoms with E-state index in [4.69, 9.17) is 9.47 Å². The number of esters is 1. The van der Waals surface area contributed by atoms with Crippen LogP contribution < -0.4 is 0 Å². The molecule has 2 fully saturated rings. The third-order valence-electron chi connectivity index (χ3n) is 5.92. The number of hydrogen-bond acceptors (Lipinski definition) is 7. The zero-order chi connectivity index (χ0) is 21.6. The number of aliphatic hydroxyl groups is 2. The topological polar surface area (TPSA) is 110 Å². The van der Waals surface area contributed by atoms with E-state index < -0.39 is 71.2 Å². The van der Waals surface area contributed by atoms with Crippen molar-refractivity contribution in [3.05, 3.63) is 0 Å². The smallest absolute Gasteiger partial charge is 0.311 e. The number of alkyl halides is 2. The third kappa shape index (κ3) is 3.71. The number of Topliss-reactive ketones (excluding diaryl/α,β-unsaturated/α-hetero) is 2. The van der Waals surface area contributed by atoms with Crippen molar-refractivity contribution in [3.8, 4) is 0 Å². The van der Waals surface area contributed by atoms with Gasteiger partial charge < -0.3 is 19.7 Å². The van der Waals surface area contributed by atoms with Crippen LogP contribution >= 0.6 is 0 Å². The van der Waals surface area contributed by atoms with Gasteiger partial charge in [0.05, 0.1) is 12.0 Å². The van der Waals surface area contributed by atoms with Crippen molar-refractivity contribution in [2.24, 2.45) is 11.8 Å². The SMILES string of the molecule is CC[C@H]1OC(=O)[C@H](C)[C@@H](O)[C@@H](F)C(=O)[C@@]2(C)C[C@@H](C)[C@H](O2)[C@@H](F)C(=O)[C@]1(C)O. The molecule has 9 atom stereocenters. The minimum atomic E-state index is -2.46. The van der Waals surface area contributed by atoms with Crippen LogP contribution in [0, 0.1) is 11.8 Å². The summed E-state index contributed by atoms with van der Waals surface area (Å²) in [4.78, 5) is 37.6. The summed E-state index contributed by atoms with van der Waals surface area (Å²) in [5.74, 6) is -5.58. The summed E-state index contributed by atoms with van der Waals surface area (Å²) in [7, 11) is 0. The summed E-state index contributed by atoms with van der Waals surface area (Å²) in [6, 6.07) is 0. The molecular weight excluding hydrogens is 378 g/mol. The molecule has 0 aromatic rings. The highest BCUT2D eigenvalue weighted by atomic mass is 19.1. The molecule has 0 radical (unpaired) electrons. The molecule has 28 heavy (non-hydrogen) atoms. The van der Waals surface area contributed by atoms with Crippen molar-refractivity contribution in [2.75, 3.05) is 0 Å². The Morgan fingerprint density at radius 3 is 2.21 bits per heavy atom. The molecular formula is C19H28F2O7. The van der Waals surface area contributed by atoms with Crippen LogP contribution in [0.25, 0.3) is 0 Å². The van der Waals surface area contributed by atoms with E-state index in [0.29, 0.717) is 0 Å². The van der Waals surface area contributed by atoms with Gasteiger partial charge in [-0.15, -0.1) is 0 Å². The number of ether oxygens (including phenoxy) is 2. The Bertz CT molecular complexity index is 652. The van der Waals surface area contributed by atoms with E-state index in [0.717, 1.165) is 13.8 Å². The molecule has 2 aliphatic rings. The molecule has 2 heterocycles. The maximum Gasteiger partial charge on any atom is 0.311 e. The van der Waals surface area contributed by atoms with Crippen LogP contribution in [0.5, 0.6) is 0 Å². The van der Waals surface area contributed by atoms with Crippen molar-refractivity contribution in [1.82, 2.24) is 0 Å². The number of carbonyl (C=O) groups is 3. The Balaban J connectivity index is 2.53. The van der Waals surface area contributed by atoms with Gasteiger partial charge in [-0.3, -0.25) is 14.4 Å². The summed E-state index contributed by atoms with van der Waals surface area (Å²) in [6.45, 7) is 6.52. The summed E-state index contributed by atoms with van der Waals surface area (Å²) in [5.41, 5.74) is -4.15. The van der Waals surface area contributed by atoms with Crippen LogP contribution in [-0.4, -0.2) is 69.6 Å². The number of fused-ring (bicyclic) bond motifs is 2. The zero-order valence-electron chi connectivity index (χ0n) is 16.6. The van der Waals surface area contributed by atoms with Crippen LogP contribution in [0.3, 0.4) is 0 Å². The summed E-state index contributed by atoms with van der Waals surface area (Å²) in [5, 5.41) is 20.8. The third-order valence-corrected chi connectivity index (χ3v) is 5.92. The predicted octanol–water partition coefficient (Wildman–Crippen LogP) is 1.07. The summed E-state index contributed by atoms with van der Waals surface area (Å²) >= 11 is 0. The van der Waals surface area contributed by atoms with Gasteiger partial charge in [0, 0.05) is 0 Å². The molecule has 0 aromatic carbocycles. The highest BCUT2D eigenvalue weighted by Gasteiger charge is 2.57. The average molecular weight is 406 g/mol. The summed E-state index contributed by atoms with van der Waals surface area (Å²) < 4.78 is 40.3. The Kier molecular flexibility index (Phi) is 6.33.